The molecule has 3 heteroatoms. The zero-order chi connectivity index (χ0) is 17.9. The maximum absolute atomic E-state index is 6.20. The SMILES string of the molecule is COc1cccc(COC2CCc3cc(C4CCC(N)C4)ccc3C2)c1. The first-order valence-electron chi connectivity index (χ1n) is 9.83. The van der Waals surface area contributed by atoms with Gasteiger partial charge in [0.1, 0.15) is 5.75 Å². The van der Waals surface area contributed by atoms with E-state index in [4.69, 9.17) is 15.2 Å². The van der Waals surface area contributed by atoms with Gasteiger partial charge in [-0.15, -0.1) is 0 Å². The molecule has 3 nitrogen and oxygen atoms in total. The summed E-state index contributed by atoms with van der Waals surface area (Å²) in [5.74, 6) is 1.55. The molecule has 1 saturated carbocycles. The van der Waals surface area contributed by atoms with Crippen LogP contribution in [0.3, 0.4) is 0 Å². The first-order chi connectivity index (χ1) is 12.7. The van der Waals surface area contributed by atoms with Gasteiger partial charge in [0.05, 0.1) is 19.8 Å². The number of aryl methyl sites for hydroxylation is 1. The maximum atomic E-state index is 6.20. The molecule has 0 bridgehead atoms. The van der Waals surface area contributed by atoms with Crippen LogP contribution < -0.4 is 10.5 Å². The van der Waals surface area contributed by atoms with E-state index < -0.39 is 0 Å². The van der Waals surface area contributed by atoms with Gasteiger partial charge in [-0.05, 0) is 78.8 Å². The molecular weight excluding hydrogens is 322 g/mol. The Kier molecular flexibility index (Phi) is 5.28. The lowest BCUT2D eigenvalue weighted by Crippen LogP contribution is -2.22. The van der Waals surface area contributed by atoms with E-state index in [0.29, 0.717) is 24.7 Å². The molecule has 3 atom stereocenters. The highest BCUT2D eigenvalue weighted by Crippen LogP contribution is 2.35. The molecule has 2 aliphatic carbocycles. The zero-order valence-electron chi connectivity index (χ0n) is 15.6. The van der Waals surface area contributed by atoms with E-state index in [1.807, 2.05) is 12.1 Å². The monoisotopic (exact) mass is 351 g/mol. The molecule has 0 spiro atoms. The number of ether oxygens (including phenoxy) is 2. The Morgan fingerprint density at radius 1 is 1.04 bits per heavy atom. The molecule has 2 N–H and O–H groups in total. The number of fused-ring (bicyclic) bond motifs is 1. The van der Waals surface area contributed by atoms with Gasteiger partial charge < -0.3 is 15.2 Å². The lowest BCUT2D eigenvalue weighted by atomic mass is 9.86. The zero-order valence-corrected chi connectivity index (χ0v) is 15.6. The summed E-state index contributed by atoms with van der Waals surface area (Å²) in [5.41, 5.74) is 11.7. The first-order valence-corrected chi connectivity index (χ1v) is 9.83. The number of hydrogen-bond acceptors (Lipinski definition) is 3. The molecule has 4 rings (SSSR count). The van der Waals surface area contributed by atoms with Gasteiger partial charge in [0.2, 0.25) is 0 Å². The van der Waals surface area contributed by atoms with Crippen LogP contribution in [-0.2, 0) is 24.2 Å². The summed E-state index contributed by atoms with van der Waals surface area (Å²) in [7, 11) is 1.70. The van der Waals surface area contributed by atoms with Crippen molar-refractivity contribution in [1.29, 1.82) is 0 Å². The third kappa shape index (κ3) is 3.94. The predicted octanol–water partition coefficient (Wildman–Crippen LogP) is 4.36. The van der Waals surface area contributed by atoms with Crippen LogP contribution in [0.5, 0.6) is 5.75 Å². The largest absolute Gasteiger partial charge is 0.497 e. The molecule has 2 aromatic carbocycles. The van der Waals surface area contributed by atoms with Crippen molar-refractivity contribution in [2.24, 2.45) is 5.73 Å². The van der Waals surface area contributed by atoms with Gasteiger partial charge in [-0.2, -0.15) is 0 Å². The Hall–Kier alpha value is -1.84. The minimum atomic E-state index is 0.305. The van der Waals surface area contributed by atoms with Crippen molar-refractivity contribution in [2.45, 2.75) is 63.2 Å². The fourth-order valence-corrected chi connectivity index (χ4v) is 4.43. The van der Waals surface area contributed by atoms with Crippen LogP contribution in [0.25, 0.3) is 0 Å². The number of hydrogen-bond donors (Lipinski definition) is 1. The van der Waals surface area contributed by atoms with Crippen molar-refractivity contribution in [1.82, 2.24) is 0 Å². The first kappa shape index (κ1) is 17.6. The van der Waals surface area contributed by atoms with E-state index in [1.54, 1.807) is 7.11 Å². The van der Waals surface area contributed by atoms with Gasteiger partial charge in [-0.3, -0.25) is 0 Å². The van der Waals surface area contributed by atoms with Crippen molar-refractivity contribution >= 4 is 0 Å². The Labute approximate surface area is 156 Å². The van der Waals surface area contributed by atoms with E-state index in [9.17, 15) is 0 Å². The van der Waals surface area contributed by atoms with Crippen molar-refractivity contribution in [3.05, 3.63) is 64.7 Å². The van der Waals surface area contributed by atoms with Crippen LogP contribution in [0.15, 0.2) is 42.5 Å². The van der Waals surface area contributed by atoms with Crippen LogP contribution in [-0.4, -0.2) is 19.3 Å². The average molecular weight is 351 g/mol. The van der Waals surface area contributed by atoms with Crippen LogP contribution in [0.1, 0.15) is 53.9 Å². The highest BCUT2D eigenvalue weighted by Gasteiger charge is 2.25. The van der Waals surface area contributed by atoms with Crippen molar-refractivity contribution in [3.8, 4) is 5.75 Å². The van der Waals surface area contributed by atoms with Crippen molar-refractivity contribution in [3.63, 3.8) is 0 Å². The van der Waals surface area contributed by atoms with Crippen molar-refractivity contribution in [2.75, 3.05) is 7.11 Å². The summed E-state index contributed by atoms with van der Waals surface area (Å²) < 4.78 is 11.5. The second-order valence-corrected chi connectivity index (χ2v) is 7.83. The van der Waals surface area contributed by atoms with Gasteiger partial charge in [-0.25, -0.2) is 0 Å². The second-order valence-electron chi connectivity index (χ2n) is 7.83. The molecule has 0 amide bonds. The summed E-state index contributed by atoms with van der Waals surface area (Å²) in [4.78, 5) is 0. The number of nitrogens with two attached hydrogens (primary N) is 1. The lowest BCUT2D eigenvalue weighted by molar-refractivity contribution is 0.0318. The molecule has 0 saturated heterocycles. The van der Waals surface area contributed by atoms with Gasteiger partial charge >= 0.3 is 0 Å². The van der Waals surface area contributed by atoms with Crippen LogP contribution in [0.4, 0.5) is 0 Å². The summed E-state index contributed by atoms with van der Waals surface area (Å²) in [6.07, 6.45) is 7.10. The molecule has 26 heavy (non-hydrogen) atoms. The minimum Gasteiger partial charge on any atom is -0.497 e. The molecular formula is C23H29NO2. The highest BCUT2D eigenvalue weighted by molar-refractivity contribution is 5.36. The third-order valence-electron chi connectivity index (χ3n) is 5.98. The van der Waals surface area contributed by atoms with E-state index in [0.717, 1.165) is 31.4 Å². The van der Waals surface area contributed by atoms with Gasteiger partial charge in [0.15, 0.2) is 0 Å². The predicted molar refractivity (Wildman–Crippen MR) is 105 cm³/mol. The number of rotatable bonds is 5. The summed E-state index contributed by atoms with van der Waals surface area (Å²) in [5, 5.41) is 0. The fourth-order valence-electron chi connectivity index (χ4n) is 4.43. The number of methoxy groups -OCH3 is 1. The quantitative estimate of drug-likeness (QED) is 0.870. The Bertz CT molecular complexity index is 758. The van der Waals surface area contributed by atoms with Gasteiger partial charge in [0.25, 0.3) is 0 Å². The topological polar surface area (TPSA) is 44.5 Å². The van der Waals surface area contributed by atoms with Crippen LogP contribution in [0, 0.1) is 0 Å². The van der Waals surface area contributed by atoms with Gasteiger partial charge in [-0.1, -0.05) is 30.3 Å². The fraction of sp³-hybridized carbons (Fsp3) is 0.478. The summed E-state index contributed by atoms with van der Waals surface area (Å²) >= 11 is 0. The van der Waals surface area contributed by atoms with Crippen LogP contribution >= 0.6 is 0 Å². The second kappa shape index (κ2) is 7.81. The van der Waals surface area contributed by atoms with Crippen LogP contribution in [0.2, 0.25) is 0 Å². The molecule has 2 aliphatic rings. The van der Waals surface area contributed by atoms with E-state index >= 15 is 0 Å². The Morgan fingerprint density at radius 3 is 2.77 bits per heavy atom. The summed E-state index contributed by atoms with van der Waals surface area (Å²) in [6.45, 7) is 0.648. The van der Waals surface area contributed by atoms with Crippen molar-refractivity contribution < 1.29 is 9.47 Å². The maximum Gasteiger partial charge on any atom is 0.119 e. The van der Waals surface area contributed by atoms with Gasteiger partial charge in [0, 0.05) is 6.04 Å². The normalized spacial score (nSPS) is 25.1. The lowest BCUT2D eigenvalue weighted by Gasteiger charge is -2.26. The minimum absolute atomic E-state index is 0.305. The Balaban J connectivity index is 1.37. The molecule has 0 heterocycles. The van der Waals surface area contributed by atoms with E-state index in [1.165, 1.54) is 35.1 Å². The molecule has 0 aromatic heterocycles. The standard InChI is InChI=1S/C23H29NO2/c1-25-22-4-2-3-16(11-22)15-26-23-10-8-18-12-17(5-6-20(18)14-23)19-7-9-21(24)13-19/h2-6,11-12,19,21,23H,7-10,13-15,24H2,1H3. The van der Waals surface area contributed by atoms with E-state index in [-0.39, 0.29) is 0 Å². The molecule has 3 unspecified atom stereocenters. The highest BCUT2D eigenvalue weighted by atomic mass is 16.5. The average Bonchev–Trinajstić information content (AvgIpc) is 3.12. The third-order valence-corrected chi connectivity index (χ3v) is 5.98. The summed E-state index contributed by atoms with van der Waals surface area (Å²) in [6, 6.07) is 15.6. The number of benzene rings is 2. The molecule has 0 radical (unpaired) electrons. The molecule has 1 fully saturated rings. The Morgan fingerprint density at radius 2 is 1.96 bits per heavy atom. The van der Waals surface area contributed by atoms with E-state index in [2.05, 4.69) is 30.3 Å². The molecule has 2 aromatic rings. The smallest absolute Gasteiger partial charge is 0.119 e. The molecule has 0 aliphatic heterocycles. The molecule has 138 valence electrons.